The summed E-state index contributed by atoms with van der Waals surface area (Å²) in [6.07, 6.45) is 1.78. The fourth-order valence-corrected chi connectivity index (χ4v) is 5.50. The zero-order chi connectivity index (χ0) is 22.7. The Morgan fingerprint density at radius 2 is 1.59 bits per heavy atom. The highest BCUT2D eigenvalue weighted by Gasteiger charge is 2.30. The van der Waals surface area contributed by atoms with Crippen molar-refractivity contribution < 1.29 is 13.2 Å². The van der Waals surface area contributed by atoms with Crippen LogP contribution in [0.25, 0.3) is 0 Å². The molecule has 0 unspecified atom stereocenters. The number of aryl methyl sites for hydroxylation is 1. The van der Waals surface area contributed by atoms with Gasteiger partial charge in [-0.3, -0.25) is 9.10 Å². The van der Waals surface area contributed by atoms with Gasteiger partial charge in [-0.15, -0.1) is 0 Å². The highest BCUT2D eigenvalue weighted by atomic mass is 32.2. The van der Waals surface area contributed by atoms with Crippen LogP contribution in [0.1, 0.15) is 37.3 Å². The number of carbonyl (C=O) groups is 1. The normalized spacial score (nSPS) is 13.7. The van der Waals surface area contributed by atoms with E-state index in [2.05, 4.69) is 13.8 Å². The highest BCUT2D eigenvalue weighted by molar-refractivity contribution is 7.92. The SMILES string of the molecule is CC(C)c1ccc(N(CC(=O)N2CCCc3ccccc32)S(=O)(=O)c2ccccc2)cc1. The average molecular weight is 449 g/mol. The summed E-state index contributed by atoms with van der Waals surface area (Å²) in [7, 11) is -3.91. The molecule has 0 saturated heterocycles. The van der Waals surface area contributed by atoms with Gasteiger partial charge in [-0.1, -0.05) is 62.4 Å². The third kappa shape index (κ3) is 4.41. The van der Waals surface area contributed by atoms with Crippen molar-refractivity contribution >= 4 is 27.3 Å². The summed E-state index contributed by atoms with van der Waals surface area (Å²) in [5.41, 5.74) is 3.58. The summed E-state index contributed by atoms with van der Waals surface area (Å²) in [5, 5.41) is 0. The van der Waals surface area contributed by atoms with Crippen molar-refractivity contribution in [2.24, 2.45) is 0 Å². The molecule has 0 aliphatic carbocycles. The quantitative estimate of drug-likeness (QED) is 0.534. The molecule has 6 heteroatoms. The first-order valence-electron chi connectivity index (χ1n) is 10.9. The van der Waals surface area contributed by atoms with Crippen molar-refractivity contribution in [2.45, 2.75) is 37.5 Å². The number of para-hydroxylation sites is 1. The zero-order valence-electron chi connectivity index (χ0n) is 18.4. The van der Waals surface area contributed by atoms with E-state index < -0.39 is 10.0 Å². The first kappa shape index (κ1) is 22.1. The molecule has 4 rings (SSSR count). The number of hydrogen-bond acceptors (Lipinski definition) is 3. The Labute approximate surface area is 190 Å². The molecule has 0 spiro atoms. The fourth-order valence-electron chi connectivity index (χ4n) is 4.06. The second-order valence-corrected chi connectivity index (χ2v) is 10.2. The van der Waals surface area contributed by atoms with E-state index in [9.17, 15) is 13.2 Å². The van der Waals surface area contributed by atoms with Gasteiger partial charge in [0.05, 0.1) is 10.6 Å². The third-order valence-corrected chi connectivity index (χ3v) is 7.66. The number of rotatable bonds is 6. The maximum Gasteiger partial charge on any atom is 0.264 e. The van der Waals surface area contributed by atoms with Crippen molar-refractivity contribution in [3.05, 3.63) is 90.0 Å². The molecule has 0 radical (unpaired) electrons. The standard InChI is InChI=1S/C26H28N2O3S/c1-20(2)21-14-16-23(17-15-21)28(32(30,31)24-11-4-3-5-12-24)19-26(29)27-18-8-10-22-9-6-7-13-25(22)27/h3-7,9,11-17,20H,8,10,18-19H2,1-2H3. The minimum absolute atomic E-state index is 0.166. The molecule has 0 atom stereocenters. The molecule has 1 amide bonds. The van der Waals surface area contributed by atoms with Crippen LogP contribution < -0.4 is 9.21 Å². The fraction of sp³-hybridized carbons (Fsp3) is 0.269. The lowest BCUT2D eigenvalue weighted by Gasteiger charge is -2.32. The van der Waals surface area contributed by atoms with Gasteiger partial charge >= 0.3 is 0 Å². The van der Waals surface area contributed by atoms with Crippen molar-refractivity contribution in [3.63, 3.8) is 0 Å². The number of nitrogens with zero attached hydrogens (tertiary/aromatic N) is 2. The van der Waals surface area contributed by atoms with E-state index in [1.165, 1.54) is 4.31 Å². The van der Waals surface area contributed by atoms with Crippen LogP contribution in [0.2, 0.25) is 0 Å². The van der Waals surface area contributed by atoms with Crippen molar-refractivity contribution in [2.75, 3.05) is 22.3 Å². The van der Waals surface area contributed by atoms with E-state index in [0.717, 1.165) is 29.7 Å². The number of hydrogen-bond donors (Lipinski definition) is 0. The van der Waals surface area contributed by atoms with Gasteiger partial charge in [-0.25, -0.2) is 8.42 Å². The molecular weight excluding hydrogens is 420 g/mol. The van der Waals surface area contributed by atoms with Gasteiger partial charge in [0, 0.05) is 12.2 Å². The molecule has 1 aliphatic rings. The zero-order valence-corrected chi connectivity index (χ0v) is 19.3. The number of benzene rings is 3. The predicted octanol–water partition coefficient (Wildman–Crippen LogP) is 4.98. The van der Waals surface area contributed by atoms with Crippen LogP contribution in [0, 0.1) is 0 Å². The van der Waals surface area contributed by atoms with Crippen LogP contribution in [-0.2, 0) is 21.2 Å². The minimum atomic E-state index is -3.91. The summed E-state index contributed by atoms with van der Waals surface area (Å²) >= 11 is 0. The van der Waals surface area contributed by atoms with Crippen LogP contribution in [0.15, 0.2) is 83.8 Å². The van der Waals surface area contributed by atoms with Gasteiger partial charge in [0.25, 0.3) is 10.0 Å². The molecule has 1 aliphatic heterocycles. The molecule has 32 heavy (non-hydrogen) atoms. The number of amides is 1. The molecule has 166 valence electrons. The molecule has 0 fully saturated rings. The lowest BCUT2D eigenvalue weighted by molar-refractivity contribution is -0.117. The van der Waals surface area contributed by atoms with Gasteiger partial charge in [-0.2, -0.15) is 0 Å². The van der Waals surface area contributed by atoms with E-state index in [-0.39, 0.29) is 17.3 Å². The van der Waals surface area contributed by atoms with E-state index in [0.29, 0.717) is 18.2 Å². The Morgan fingerprint density at radius 1 is 0.938 bits per heavy atom. The summed E-state index contributed by atoms with van der Waals surface area (Å²) in [6, 6.07) is 23.5. The van der Waals surface area contributed by atoms with Gasteiger partial charge in [0.2, 0.25) is 5.91 Å². The first-order valence-corrected chi connectivity index (χ1v) is 12.4. The Bertz CT molecular complexity index is 1190. The summed E-state index contributed by atoms with van der Waals surface area (Å²) in [6.45, 7) is 4.50. The monoisotopic (exact) mass is 448 g/mol. The van der Waals surface area contributed by atoms with Crippen molar-refractivity contribution in [3.8, 4) is 0 Å². The molecule has 0 saturated carbocycles. The van der Waals surface area contributed by atoms with Crippen LogP contribution in [0.5, 0.6) is 0 Å². The van der Waals surface area contributed by atoms with Gasteiger partial charge < -0.3 is 4.90 Å². The molecule has 0 aromatic heterocycles. The van der Waals surface area contributed by atoms with Crippen LogP contribution in [0.4, 0.5) is 11.4 Å². The molecule has 3 aromatic carbocycles. The second-order valence-electron chi connectivity index (χ2n) is 8.35. The lowest BCUT2D eigenvalue weighted by Crippen LogP contribution is -2.45. The summed E-state index contributed by atoms with van der Waals surface area (Å²) in [5.74, 6) is 0.0966. The molecule has 5 nitrogen and oxygen atoms in total. The Balaban J connectivity index is 1.71. The van der Waals surface area contributed by atoms with Crippen LogP contribution in [0.3, 0.4) is 0 Å². The number of carbonyl (C=O) groups excluding carboxylic acids is 1. The second kappa shape index (κ2) is 9.17. The summed E-state index contributed by atoms with van der Waals surface area (Å²) in [4.78, 5) is 15.3. The minimum Gasteiger partial charge on any atom is -0.311 e. The topological polar surface area (TPSA) is 57.7 Å². The highest BCUT2D eigenvalue weighted by Crippen LogP contribution is 2.29. The number of fused-ring (bicyclic) bond motifs is 1. The van der Waals surface area contributed by atoms with Crippen LogP contribution >= 0.6 is 0 Å². The predicted molar refractivity (Wildman–Crippen MR) is 129 cm³/mol. The average Bonchev–Trinajstić information content (AvgIpc) is 2.82. The van der Waals surface area contributed by atoms with E-state index in [4.69, 9.17) is 0 Å². The third-order valence-electron chi connectivity index (χ3n) is 5.87. The first-order chi connectivity index (χ1) is 15.4. The lowest BCUT2D eigenvalue weighted by atomic mass is 10.0. The number of sulfonamides is 1. The molecule has 3 aromatic rings. The Kier molecular flexibility index (Phi) is 6.33. The van der Waals surface area contributed by atoms with Crippen molar-refractivity contribution in [1.29, 1.82) is 0 Å². The van der Waals surface area contributed by atoms with E-state index in [1.807, 2.05) is 36.4 Å². The van der Waals surface area contributed by atoms with E-state index in [1.54, 1.807) is 47.4 Å². The Morgan fingerprint density at radius 3 is 2.28 bits per heavy atom. The van der Waals surface area contributed by atoms with Gasteiger partial charge in [0.1, 0.15) is 6.54 Å². The largest absolute Gasteiger partial charge is 0.311 e. The number of anilines is 2. The van der Waals surface area contributed by atoms with E-state index >= 15 is 0 Å². The molecular formula is C26H28N2O3S. The van der Waals surface area contributed by atoms with Gasteiger partial charge in [-0.05, 0) is 60.2 Å². The smallest absolute Gasteiger partial charge is 0.264 e. The molecule has 0 N–H and O–H groups in total. The summed E-state index contributed by atoms with van der Waals surface area (Å²) < 4.78 is 28.4. The van der Waals surface area contributed by atoms with Crippen LogP contribution in [-0.4, -0.2) is 27.4 Å². The Hall–Kier alpha value is -3.12. The van der Waals surface area contributed by atoms with Gasteiger partial charge in [0.15, 0.2) is 0 Å². The maximum atomic E-state index is 13.6. The maximum absolute atomic E-state index is 13.6. The molecule has 1 heterocycles. The molecule has 0 bridgehead atoms. The van der Waals surface area contributed by atoms with Crippen molar-refractivity contribution in [1.82, 2.24) is 0 Å².